The number of carbonyl (C=O) groups is 2. The third-order valence-electron chi connectivity index (χ3n) is 4.29. The maximum absolute atomic E-state index is 13.7. The molecule has 2 aromatic heterocycles. The van der Waals surface area contributed by atoms with Crippen molar-refractivity contribution in [1.82, 2.24) is 9.97 Å². The number of nitrogens with zero attached hydrogens (tertiary/aromatic N) is 2. The molecule has 9 heteroatoms. The molecule has 0 atom stereocenters. The Balaban J connectivity index is 1.38. The summed E-state index contributed by atoms with van der Waals surface area (Å²) in [6.45, 7) is -0.491. The molecule has 0 N–H and O–H groups in total. The molecular weight excluding hydrogens is 411 g/mol. The van der Waals surface area contributed by atoms with Crippen molar-refractivity contribution in [1.29, 1.82) is 0 Å². The lowest BCUT2D eigenvalue weighted by molar-refractivity contribution is -0.139. The van der Waals surface area contributed by atoms with Crippen molar-refractivity contribution < 1.29 is 27.9 Å². The molecule has 4 rings (SSSR count). The first-order valence-electron chi connectivity index (χ1n) is 8.84. The summed E-state index contributed by atoms with van der Waals surface area (Å²) in [5.74, 6) is -1.83. The number of rotatable bonds is 7. The number of fused-ring (bicyclic) bond motifs is 3. The minimum absolute atomic E-state index is 0.0293. The minimum atomic E-state index is -0.663. The summed E-state index contributed by atoms with van der Waals surface area (Å²) in [6, 6.07) is 11.3. The van der Waals surface area contributed by atoms with Gasteiger partial charge in [0.15, 0.2) is 29.5 Å². The highest BCUT2D eigenvalue weighted by Gasteiger charge is 2.16. The predicted octanol–water partition coefficient (Wildman–Crippen LogP) is 4.04. The van der Waals surface area contributed by atoms with E-state index in [0.29, 0.717) is 21.7 Å². The molecule has 0 radical (unpaired) electrons. The Hall–Kier alpha value is -3.46. The van der Waals surface area contributed by atoms with Gasteiger partial charge in [-0.05, 0) is 30.3 Å². The second-order valence-electron chi connectivity index (χ2n) is 6.18. The first kappa shape index (κ1) is 19.8. The average Bonchev–Trinajstić information content (AvgIpc) is 3.15. The fraction of sp³-hybridized carbons (Fsp3) is 0.143. The van der Waals surface area contributed by atoms with E-state index in [2.05, 4.69) is 9.97 Å². The Bertz CT molecular complexity index is 1260. The van der Waals surface area contributed by atoms with Gasteiger partial charge in [0.25, 0.3) is 0 Å². The van der Waals surface area contributed by atoms with Crippen LogP contribution in [0.1, 0.15) is 10.4 Å². The average molecular weight is 426 g/mol. The molecule has 152 valence electrons. The Kier molecular flexibility index (Phi) is 5.62. The van der Waals surface area contributed by atoms with E-state index in [1.165, 1.54) is 25.6 Å². The van der Waals surface area contributed by atoms with Crippen LogP contribution in [0.3, 0.4) is 0 Å². The second kappa shape index (κ2) is 8.50. The lowest BCUT2D eigenvalue weighted by Gasteiger charge is -2.06. The van der Waals surface area contributed by atoms with Gasteiger partial charge in [0.1, 0.15) is 22.5 Å². The van der Waals surface area contributed by atoms with Crippen LogP contribution in [-0.2, 0) is 9.53 Å². The molecule has 0 spiro atoms. The zero-order valence-electron chi connectivity index (χ0n) is 15.8. The summed E-state index contributed by atoms with van der Waals surface area (Å²) in [5.41, 5.74) is 1.91. The molecular formula is C21H15FN2O5S. The van der Waals surface area contributed by atoms with Gasteiger partial charge in [-0.25, -0.2) is 14.4 Å². The van der Waals surface area contributed by atoms with E-state index in [-0.39, 0.29) is 17.1 Å². The number of methoxy groups -OCH3 is 1. The number of furan rings is 1. The van der Waals surface area contributed by atoms with Gasteiger partial charge in [-0.2, -0.15) is 0 Å². The number of esters is 1. The summed E-state index contributed by atoms with van der Waals surface area (Å²) >= 11 is 1.12. The van der Waals surface area contributed by atoms with Crippen molar-refractivity contribution in [3.63, 3.8) is 0 Å². The number of aromatic nitrogens is 2. The van der Waals surface area contributed by atoms with Crippen LogP contribution in [0.4, 0.5) is 4.39 Å². The highest BCUT2D eigenvalue weighted by molar-refractivity contribution is 8.00. The van der Waals surface area contributed by atoms with Crippen molar-refractivity contribution in [2.45, 2.75) is 5.03 Å². The smallest absolute Gasteiger partial charge is 0.316 e. The van der Waals surface area contributed by atoms with Gasteiger partial charge in [0.05, 0.1) is 12.9 Å². The molecule has 0 saturated heterocycles. The topological polar surface area (TPSA) is 91.5 Å². The number of carbonyl (C=O) groups excluding carboxylic acids is 2. The molecule has 7 nitrogen and oxygen atoms in total. The van der Waals surface area contributed by atoms with Crippen molar-refractivity contribution in [3.05, 3.63) is 60.2 Å². The molecule has 0 aliphatic carbocycles. The number of halogens is 1. The Morgan fingerprint density at radius 2 is 2.00 bits per heavy atom. The standard InChI is InChI=1S/C21H15FN2O5S/c1-27-17-7-6-12(8-14(17)22)15(25)9-28-18(26)10-30-21-20-19(23-11-24-21)13-4-2-3-5-16(13)29-20/h2-8,11H,9-10H2,1H3. The molecule has 0 aliphatic heterocycles. The maximum Gasteiger partial charge on any atom is 0.316 e. The van der Waals surface area contributed by atoms with E-state index in [1.807, 2.05) is 24.3 Å². The normalized spacial score (nSPS) is 11.0. The van der Waals surface area contributed by atoms with Gasteiger partial charge in [0.2, 0.25) is 0 Å². The molecule has 0 saturated carbocycles. The number of ether oxygens (including phenoxy) is 2. The molecule has 2 heterocycles. The van der Waals surface area contributed by atoms with E-state index >= 15 is 0 Å². The van der Waals surface area contributed by atoms with Crippen LogP contribution in [0.15, 0.2) is 58.2 Å². The molecule has 0 unspecified atom stereocenters. The van der Waals surface area contributed by atoms with Gasteiger partial charge < -0.3 is 13.9 Å². The summed E-state index contributed by atoms with van der Waals surface area (Å²) in [5, 5.41) is 1.35. The number of para-hydroxylation sites is 1. The van der Waals surface area contributed by atoms with Crippen molar-refractivity contribution >= 4 is 45.6 Å². The van der Waals surface area contributed by atoms with Crippen LogP contribution in [0, 0.1) is 5.82 Å². The summed E-state index contributed by atoms with van der Waals surface area (Å²) in [6.07, 6.45) is 1.40. The predicted molar refractivity (Wildman–Crippen MR) is 108 cm³/mol. The van der Waals surface area contributed by atoms with E-state index in [0.717, 1.165) is 23.2 Å². The van der Waals surface area contributed by atoms with Gasteiger partial charge in [-0.15, -0.1) is 0 Å². The molecule has 0 fully saturated rings. The van der Waals surface area contributed by atoms with Gasteiger partial charge in [0, 0.05) is 10.9 Å². The fourth-order valence-electron chi connectivity index (χ4n) is 2.84. The van der Waals surface area contributed by atoms with Crippen LogP contribution >= 0.6 is 11.8 Å². The number of benzene rings is 2. The highest BCUT2D eigenvalue weighted by Crippen LogP contribution is 2.32. The van der Waals surface area contributed by atoms with E-state index in [1.54, 1.807) is 0 Å². The van der Waals surface area contributed by atoms with E-state index in [4.69, 9.17) is 13.9 Å². The number of ketones is 1. The largest absolute Gasteiger partial charge is 0.494 e. The minimum Gasteiger partial charge on any atom is -0.494 e. The van der Waals surface area contributed by atoms with Gasteiger partial charge >= 0.3 is 5.97 Å². The number of hydrogen-bond acceptors (Lipinski definition) is 8. The van der Waals surface area contributed by atoms with E-state index < -0.39 is 24.2 Å². The molecule has 0 aliphatic rings. The molecule has 4 aromatic rings. The van der Waals surface area contributed by atoms with Gasteiger partial charge in [-0.1, -0.05) is 23.9 Å². The van der Waals surface area contributed by atoms with Gasteiger partial charge in [-0.3, -0.25) is 9.59 Å². The first-order chi connectivity index (χ1) is 14.6. The molecule has 0 bridgehead atoms. The zero-order valence-corrected chi connectivity index (χ0v) is 16.6. The van der Waals surface area contributed by atoms with Crippen LogP contribution < -0.4 is 4.74 Å². The monoisotopic (exact) mass is 426 g/mol. The Morgan fingerprint density at radius 3 is 2.80 bits per heavy atom. The van der Waals surface area contributed by atoms with Crippen molar-refractivity contribution in [3.8, 4) is 5.75 Å². The van der Waals surface area contributed by atoms with Crippen LogP contribution in [-0.4, -0.2) is 41.2 Å². The molecule has 0 amide bonds. The SMILES string of the molecule is COc1ccc(C(=O)COC(=O)CSc2ncnc3c2oc2ccccc23)cc1F. The highest BCUT2D eigenvalue weighted by atomic mass is 32.2. The maximum atomic E-state index is 13.7. The third kappa shape index (κ3) is 3.97. The third-order valence-corrected chi connectivity index (χ3v) is 5.23. The zero-order chi connectivity index (χ0) is 21.1. The lowest BCUT2D eigenvalue weighted by atomic mass is 10.1. The van der Waals surface area contributed by atoms with Crippen molar-refractivity contribution in [2.75, 3.05) is 19.5 Å². The molecule has 30 heavy (non-hydrogen) atoms. The quantitative estimate of drug-likeness (QED) is 0.189. The summed E-state index contributed by atoms with van der Waals surface area (Å²) < 4.78 is 29.3. The fourth-order valence-corrected chi connectivity index (χ4v) is 3.57. The number of hydrogen-bond donors (Lipinski definition) is 0. The number of Topliss-reactive ketones (excluding diaryl/α,β-unsaturated/α-hetero) is 1. The first-order valence-corrected chi connectivity index (χ1v) is 9.83. The summed E-state index contributed by atoms with van der Waals surface area (Å²) in [4.78, 5) is 32.6. The van der Waals surface area contributed by atoms with Crippen LogP contribution in [0.2, 0.25) is 0 Å². The Morgan fingerprint density at radius 1 is 1.17 bits per heavy atom. The Labute approximate surface area is 174 Å². The van der Waals surface area contributed by atoms with Crippen LogP contribution in [0.25, 0.3) is 22.1 Å². The molecule has 2 aromatic carbocycles. The summed E-state index contributed by atoms with van der Waals surface area (Å²) in [7, 11) is 1.33. The van der Waals surface area contributed by atoms with E-state index in [9.17, 15) is 14.0 Å². The lowest BCUT2D eigenvalue weighted by Crippen LogP contribution is -2.15. The van der Waals surface area contributed by atoms with Crippen molar-refractivity contribution in [2.24, 2.45) is 0 Å². The van der Waals surface area contributed by atoms with Crippen LogP contribution in [0.5, 0.6) is 5.75 Å². The number of thioether (sulfide) groups is 1. The second-order valence-corrected chi connectivity index (χ2v) is 7.14.